The van der Waals surface area contributed by atoms with E-state index < -0.39 is 10.0 Å². The molecule has 0 unspecified atom stereocenters. The van der Waals surface area contributed by atoms with E-state index in [-0.39, 0.29) is 10.8 Å². The molecule has 1 aliphatic heterocycles. The first-order chi connectivity index (χ1) is 12.3. The topological polar surface area (TPSA) is 91.7 Å². The van der Waals surface area contributed by atoms with Crippen LogP contribution in [0.4, 0.5) is 5.69 Å². The molecule has 0 bridgehead atoms. The van der Waals surface area contributed by atoms with Crippen LogP contribution in [0.5, 0.6) is 0 Å². The van der Waals surface area contributed by atoms with Gasteiger partial charge in [0.1, 0.15) is 11.0 Å². The zero-order valence-corrected chi connectivity index (χ0v) is 15.6. The van der Waals surface area contributed by atoms with Crippen molar-refractivity contribution >= 4 is 39.1 Å². The Morgan fingerprint density at radius 1 is 1.23 bits per heavy atom. The molecule has 1 fully saturated rings. The Morgan fingerprint density at radius 2 is 1.96 bits per heavy atom. The van der Waals surface area contributed by atoms with E-state index >= 15 is 0 Å². The Balaban J connectivity index is 1.74. The predicted octanol–water partition coefficient (Wildman–Crippen LogP) is 2.80. The number of carbonyl (C=O) groups is 1. The summed E-state index contributed by atoms with van der Waals surface area (Å²) in [5, 5.41) is 2.97. The molecule has 1 amide bonds. The van der Waals surface area contributed by atoms with Gasteiger partial charge in [0.15, 0.2) is 0 Å². The number of hydrogen-bond acceptors (Lipinski definition) is 4. The maximum Gasteiger partial charge on any atom is 0.283 e. The van der Waals surface area contributed by atoms with Crippen molar-refractivity contribution < 1.29 is 13.2 Å². The van der Waals surface area contributed by atoms with Crippen LogP contribution < -0.4 is 5.32 Å². The molecule has 0 saturated carbocycles. The van der Waals surface area contributed by atoms with Crippen LogP contribution >= 0.6 is 11.6 Å². The van der Waals surface area contributed by atoms with Gasteiger partial charge in [0.25, 0.3) is 15.9 Å². The van der Waals surface area contributed by atoms with Crippen molar-refractivity contribution in [2.45, 2.75) is 17.7 Å². The minimum Gasteiger partial charge on any atom is -0.362 e. The largest absolute Gasteiger partial charge is 0.362 e. The van der Waals surface area contributed by atoms with Crippen LogP contribution in [0.15, 0.2) is 51.9 Å². The average molecular weight is 393 g/mol. The summed E-state index contributed by atoms with van der Waals surface area (Å²) in [6.07, 6.45) is 2.92. The number of amidine groups is 1. The van der Waals surface area contributed by atoms with E-state index in [1.807, 2.05) is 11.9 Å². The molecule has 0 radical (unpaired) electrons. The number of carbonyl (C=O) groups excluding carboxylic acids is 1. The predicted molar refractivity (Wildman–Crippen MR) is 100 cm³/mol. The molecular formula is C17H17ClN4O3S. The van der Waals surface area contributed by atoms with Gasteiger partial charge in [0.05, 0.1) is 10.5 Å². The Bertz CT molecular complexity index is 941. The van der Waals surface area contributed by atoms with Gasteiger partial charge in [-0.15, -0.1) is 4.40 Å². The molecule has 0 aliphatic carbocycles. The van der Waals surface area contributed by atoms with Crippen molar-refractivity contribution in [3.8, 4) is 0 Å². The fraction of sp³-hybridized carbons (Fsp3) is 0.235. The number of nitrogens with zero attached hydrogens (tertiary/aromatic N) is 3. The van der Waals surface area contributed by atoms with Crippen molar-refractivity contribution in [2.24, 2.45) is 4.40 Å². The standard InChI is InChI=1S/C17H17ClN4O3S/c1-22-10-2-3-16(22)21-26(24,25)14-7-5-13(6-8-14)20-17(23)12-4-9-15(18)19-11-12/h4-9,11H,2-3,10H2,1H3,(H,20,23)/b21-16+. The third-order valence-corrected chi connectivity index (χ3v) is 5.50. The first kappa shape index (κ1) is 18.3. The van der Waals surface area contributed by atoms with E-state index in [0.717, 1.165) is 13.0 Å². The van der Waals surface area contributed by atoms with Gasteiger partial charge in [-0.2, -0.15) is 8.42 Å². The Kier molecular flexibility index (Phi) is 5.24. The second-order valence-corrected chi connectivity index (χ2v) is 7.85. The van der Waals surface area contributed by atoms with E-state index in [2.05, 4.69) is 14.7 Å². The number of halogens is 1. The van der Waals surface area contributed by atoms with E-state index in [4.69, 9.17) is 11.6 Å². The van der Waals surface area contributed by atoms with Crippen molar-refractivity contribution in [3.05, 3.63) is 53.3 Å². The Morgan fingerprint density at radius 3 is 2.54 bits per heavy atom. The molecule has 1 N–H and O–H groups in total. The van der Waals surface area contributed by atoms with Crippen LogP contribution in [-0.2, 0) is 10.0 Å². The number of amides is 1. The number of aromatic nitrogens is 1. The lowest BCUT2D eigenvalue weighted by atomic mass is 10.2. The second-order valence-electron chi connectivity index (χ2n) is 5.86. The quantitative estimate of drug-likeness (QED) is 0.808. The third-order valence-electron chi connectivity index (χ3n) is 3.96. The second kappa shape index (κ2) is 7.43. The molecule has 1 aliphatic rings. The first-order valence-electron chi connectivity index (χ1n) is 7.93. The van der Waals surface area contributed by atoms with Crippen molar-refractivity contribution in [1.82, 2.24) is 9.88 Å². The highest BCUT2D eigenvalue weighted by molar-refractivity contribution is 7.90. The molecular weight excluding hydrogens is 376 g/mol. The number of anilines is 1. The lowest BCUT2D eigenvalue weighted by molar-refractivity contribution is 0.102. The summed E-state index contributed by atoms with van der Waals surface area (Å²) in [5.74, 6) is 0.204. The molecule has 136 valence electrons. The fourth-order valence-corrected chi connectivity index (χ4v) is 3.73. The van der Waals surface area contributed by atoms with Crippen LogP contribution in [0.2, 0.25) is 5.15 Å². The summed E-state index contributed by atoms with van der Waals surface area (Å²) in [6, 6.07) is 8.95. The van der Waals surface area contributed by atoms with Crippen molar-refractivity contribution in [2.75, 3.05) is 18.9 Å². The van der Waals surface area contributed by atoms with Crippen LogP contribution in [0.1, 0.15) is 23.2 Å². The smallest absolute Gasteiger partial charge is 0.283 e. The van der Waals surface area contributed by atoms with E-state index in [1.165, 1.54) is 36.5 Å². The van der Waals surface area contributed by atoms with E-state index in [1.54, 1.807) is 6.07 Å². The number of pyridine rings is 1. The van der Waals surface area contributed by atoms with Gasteiger partial charge in [-0.25, -0.2) is 4.98 Å². The summed E-state index contributed by atoms with van der Waals surface area (Å²) in [7, 11) is -1.94. The molecule has 2 aromatic rings. The van der Waals surface area contributed by atoms with Crippen LogP contribution in [0, 0.1) is 0 Å². The minimum atomic E-state index is -3.77. The Hall–Kier alpha value is -2.45. The monoisotopic (exact) mass is 392 g/mol. The Labute approximate surface area is 156 Å². The maximum atomic E-state index is 12.4. The summed E-state index contributed by atoms with van der Waals surface area (Å²) >= 11 is 5.69. The van der Waals surface area contributed by atoms with Gasteiger partial charge in [0, 0.05) is 31.9 Å². The fourth-order valence-electron chi connectivity index (χ4n) is 2.52. The summed E-state index contributed by atoms with van der Waals surface area (Å²) < 4.78 is 28.7. The number of sulfonamides is 1. The van der Waals surface area contributed by atoms with Gasteiger partial charge >= 0.3 is 0 Å². The van der Waals surface area contributed by atoms with Crippen LogP contribution in [-0.4, -0.2) is 43.6 Å². The summed E-state index contributed by atoms with van der Waals surface area (Å²) in [5.41, 5.74) is 0.816. The van der Waals surface area contributed by atoms with Crippen LogP contribution in [0.3, 0.4) is 0 Å². The molecule has 1 aromatic heterocycles. The third kappa shape index (κ3) is 4.20. The SMILES string of the molecule is CN1CCC/C1=N\S(=O)(=O)c1ccc(NC(=O)c2ccc(Cl)nc2)cc1. The lowest BCUT2D eigenvalue weighted by Gasteiger charge is -2.11. The summed E-state index contributed by atoms with van der Waals surface area (Å²) in [6.45, 7) is 0.804. The van der Waals surface area contributed by atoms with Gasteiger partial charge in [-0.1, -0.05) is 11.6 Å². The number of nitrogens with one attached hydrogen (secondary N) is 1. The number of likely N-dealkylation sites (tertiary alicyclic amines) is 1. The molecule has 0 spiro atoms. The van der Waals surface area contributed by atoms with E-state index in [0.29, 0.717) is 28.7 Å². The molecule has 1 aromatic carbocycles. The highest BCUT2D eigenvalue weighted by atomic mass is 35.5. The number of hydrogen-bond donors (Lipinski definition) is 1. The molecule has 26 heavy (non-hydrogen) atoms. The lowest BCUT2D eigenvalue weighted by Crippen LogP contribution is -2.20. The molecule has 0 atom stereocenters. The normalized spacial score (nSPS) is 16.1. The summed E-state index contributed by atoms with van der Waals surface area (Å²) in [4.78, 5) is 17.9. The molecule has 2 heterocycles. The van der Waals surface area contributed by atoms with Gasteiger partial charge in [-0.05, 0) is 42.8 Å². The van der Waals surface area contributed by atoms with Gasteiger partial charge in [-0.3, -0.25) is 4.79 Å². The van der Waals surface area contributed by atoms with Crippen LogP contribution in [0.25, 0.3) is 0 Å². The molecule has 7 nitrogen and oxygen atoms in total. The highest BCUT2D eigenvalue weighted by Crippen LogP contribution is 2.19. The zero-order valence-electron chi connectivity index (χ0n) is 14.0. The number of benzene rings is 1. The average Bonchev–Trinajstić information content (AvgIpc) is 3.00. The molecule has 9 heteroatoms. The molecule has 3 rings (SSSR count). The zero-order chi connectivity index (χ0) is 18.7. The molecule has 1 saturated heterocycles. The van der Waals surface area contributed by atoms with Gasteiger partial charge < -0.3 is 10.2 Å². The number of rotatable bonds is 4. The maximum absolute atomic E-state index is 12.4. The van der Waals surface area contributed by atoms with Crippen molar-refractivity contribution in [1.29, 1.82) is 0 Å². The van der Waals surface area contributed by atoms with Crippen molar-refractivity contribution in [3.63, 3.8) is 0 Å². The van der Waals surface area contributed by atoms with Gasteiger partial charge in [0.2, 0.25) is 0 Å². The minimum absolute atomic E-state index is 0.0801. The van der Waals surface area contributed by atoms with E-state index in [9.17, 15) is 13.2 Å². The highest BCUT2D eigenvalue weighted by Gasteiger charge is 2.20. The first-order valence-corrected chi connectivity index (χ1v) is 9.75.